The summed E-state index contributed by atoms with van der Waals surface area (Å²) in [5.74, 6) is 1.06. The molecule has 0 spiro atoms. The molecule has 3 heterocycles. The summed E-state index contributed by atoms with van der Waals surface area (Å²) >= 11 is 0. The van der Waals surface area contributed by atoms with Crippen molar-refractivity contribution in [1.29, 1.82) is 0 Å². The second kappa shape index (κ2) is 5.36. The third-order valence-electron chi connectivity index (χ3n) is 4.55. The van der Waals surface area contributed by atoms with E-state index in [1.54, 1.807) is 6.20 Å². The van der Waals surface area contributed by atoms with Crippen molar-refractivity contribution in [2.24, 2.45) is 5.92 Å². The highest BCUT2D eigenvalue weighted by Crippen LogP contribution is 2.34. The van der Waals surface area contributed by atoms with E-state index in [0.717, 1.165) is 31.6 Å². The Morgan fingerprint density at radius 3 is 3.19 bits per heavy atom. The zero-order valence-electron chi connectivity index (χ0n) is 11.8. The molecule has 1 saturated heterocycles. The molecule has 2 aromatic rings. The lowest BCUT2D eigenvalue weighted by atomic mass is 10.1. The summed E-state index contributed by atoms with van der Waals surface area (Å²) in [6.45, 7) is 2.54. The maximum atomic E-state index is 9.37. The van der Waals surface area contributed by atoms with Crippen molar-refractivity contribution in [3.63, 3.8) is 0 Å². The Hall–Kier alpha value is -1.50. The first-order chi connectivity index (χ1) is 10.3. The summed E-state index contributed by atoms with van der Waals surface area (Å²) in [7, 11) is 0. The van der Waals surface area contributed by atoms with E-state index < -0.39 is 0 Å². The number of aliphatic hydroxyl groups excluding tert-OH is 1. The number of rotatable bonds is 3. The molecule has 6 heteroatoms. The van der Waals surface area contributed by atoms with Crippen LogP contribution in [0.5, 0.6) is 0 Å². The summed E-state index contributed by atoms with van der Waals surface area (Å²) < 4.78 is 11.6. The standard InChI is InChI=1S/C15H19N3O3/c19-9-10-6-11-13(7-10)20-5-4-18(11)8-14-17-15-12(21-14)2-1-3-16-15/h1-3,10-11,13,19H,4-9H2/t10-,11+,13?/m1/s1. The van der Waals surface area contributed by atoms with Gasteiger partial charge in [0.15, 0.2) is 11.2 Å². The summed E-state index contributed by atoms with van der Waals surface area (Å²) in [6.07, 6.45) is 3.90. The summed E-state index contributed by atoms with van der Waals surface area (Å²) in [6, 6.07) is 4.10. The van der Waals surface area contributed by atoms with Gasteiger partial charge in [-0.15, -0.1) is 0 Å². The van der Waals surface area contributed by atoms with Crippen molar-refractivity contribution in [2.45, 2.75) is 31.5 Å². The molecule has 2 aliphatic rings. The van der Waals surface area contributed by atoms with Crippen molar-refractivity contribution in [3.05, 3.63) is 24.2 Å². The number of aromatic nitrogens is 2. The zero-order chi connectivity index (χ0) is 14.2. The topological polar surface area (TPSA) is 71.6 Å². The van der Waals surface area contributed by atoms with Gasteiger partial charge in [-0.3, -0.25) is 4.90 Å². The van der Waals surface area contributed by atoms with Gasteiger partial charge in [-0.25, -0.2) is 4.98 Å². The monoisotopic (exact) mass is 289 g/mol. The van der Waals surface area contributed by atoms with Crippen LogP contribution in [0.15, 0.2) is 22.7 Å². The Bertz CT molecular complexity index is 596. The summed E-state index contributed by atoms with van der Waals surface area (Å²) in [4.78, 5) is 11.0. The van der Waals surface area contributed by atoms with Crippen LogP contribution in [0.25, 0.3) is 11.2 Å². The van der Waals surface area contributed by atoms with E-state index in [1.165, 1.54) is 0 Å². The highest BCUT2D eigenvalue weighted by Gasteiger charge is 2.41. The van der Waals surface area contributed by atoms with Gasteiger partial charge in [0.05, 0.1) is 19.3 Å². The van der Waals surface area contributed by atoms with Crippen molar-refractivity contribution in [2.75, 3.05) is 19.8 Å². The molecule has 1 N–H and O–H groups in total. The molecule has 6 nitrogen and oxygen atoms in total. The first-order valence-electron chi connectivity index (χ1n) is 7.50. The number of nitrogens with zero attached hydrogens (tertiary/aromatic N) is 3. The van der Waals surface area contributed by atoms with Crippen LogP contribution in [0.1, 0.15) is 18.7 Å². The van der Waals surface area contributed by atoms with Gasteiger partial charge in [-0.05, 0) is 30.9 Å². The van der Waals surface area contributed by atoms with E-state index >= 15 is 0 Å². The van der Waals surface area contributed by atoms with Crippen LogP contribution in [0.3, 0.4) is 0 Å². The quantitative estimate of drug-likeness (QED) is 0.915. The molecule has 4 rings (SSSR count). The molecule has 0 aromatic carbocycles. The Labute approximate surface area is 122 Å². The smallest absolute Gasteiger partial charge is 0.211 e. The number of hydrogen-bond acceptors (Lipinski definition) is 6. The van der Waals surface area contributed by atoms with E-state index in [2.05, 4.69) is 14.9 Å². The van der Waals surface area contributed by atoms with Crippen LogP contribution >= 0.6 is 0 Å². The van der Waals surface area contributed by atoms with Gasteiger partial charge >= 0.3 is 0 Å². The predicted molar refractivity (Wildman–Crippen MR) is 75.6 cm³/mol. The molecule has 0 bridgehead atoms. The molecule has 2 fully saturated rings. The lowest BCUT2D eigenvalue weighted by molar-refractivity contribution is -0.0612. The number of morpholine rings is 1. The van der Waals surface area contributed by atoms with E-state index in [1.807, 2.05) is 12.1 Å². The number of ether oxygens (including phenoxy) is 1. The van der Waals surface area contributed by atoms with Crippen LogP contribution < -0.4 is 0 Å². The number of hydrogen-bond donors (Lipinski definition) is 1. The molecule has 1 saturated carbocycles. The molecular weight excluding hydrogens is 270 g/mol. The van der Waals surface area contributed by atoms with Crippen LogP contribution in [-0.2, 0) is 11.3 Å². The second-order valence-corrected chi connectivity index (χ2v) is 5.90. The molecule has 21 heavy (non-hydrogen) atoms. The van der Waals surface area contributed by atoms with Crippen LogP contribution in [-0.4, -0.2) is 51.9 Å². The minimum absolute atomic E-state index is 0.235. The Morgan fingerprint density at radius 2 is 2.33 bits per heavy atom. The van der Waals surface area contributed by atoms with Gasteiger partial charge in [0.1, 0.15) is 0 Å². The highest BCUT2D eigenvalue weighted by atomic mass is 16.5. The average Bonchev–Trinajstić information content (AvgIpc) is 3.10. The maximum absolute atomic E-state index is 9.37. The maximum Gasteiger partial charge on any atom is 0.211 e. The fourth-order valence-electron chi connectivity index (χ4n) is 3.53. The van der Waals surface area contributed by atoms with E-state index in [4.69, 9.17) is 9.15 Å². The van der Waals surface area contributed by atoms with Gasteiger partial charge in [0.25, 0.3) is 0 Å². The van der Waals surface area contributed by atoms with Gasteiger partial charge in [-0.1, -0.05) is 0 Å². The van der Waals surface area contributed by atoms with Gasteiger partial charge in [0.2, 0.25) is 5.89 Å². The first-order valence-corrected chi connectivity index (χ1v) is 7.50. The molecule has 1 aliphatic carbocycles. The van der Waals surface area contributed by atoms with Crippen molar-refractivity contribution < 1.29 is 14.3 Å². The Morgan fingerprint density at radius 1 is 1.38 bits per heavy atom. The van der Waals surface area contributed by atoms with Gasteiger partial charge < -0.3 is 14.3 Å². The SMILES string of the molecule is OC[C@H]1CC2OCCN(Cc3nc4ncccc4o3)[C@H]2C1. The second-order valence-electron chi connectivity index (χ2n) is 5.90. The zero-order valence-corrected chi connectivity index (χ0v) is 11.8. The minimum atomic E-state index is 0.235. The van der Waals surface area contributed by atoms with Crippen molar-refractivity contribution in [1.82, 2.24) is 14.9 Å². The van der Waals surface area contributed by atoms with Crippen LogP contribution in [0.2, 0.25) is 0 Å². The third kappa shape index (κ3) is 2.43. The largest absolute Gasteiger partial charge is 0.438 e. The first kappa shape index (κ1) is 13.2. The Kier molecular flexibility index (Phi) is 3.37. The van der Waals surface area contributed by atoms with E-state index in [9.17, 15) is 5.11 Å². The predicted octanol–water partition coefficient (Wildman–Crippen LogP) is 1.19. The molecule has 1 unspecified atom stereocenters. The molecule has 0 amide bonds. The fraction of sp³-hybridized carbons (Fsp3) is 0.600. The average molecular weight is 289 g/mol. The molecule has 3 atom stereocenters. The van der Waals surface area contributed by atoms with E-state index in [-0.39, 0.29) is 12.7 Å². The van der Waals surface area contributed by atoms with Crippen molar-refractivity contribution in [3.8, 4) is 0 Å². The number of aliphatic hydroxyl groups is 1. The lowest BCUT2D eigenvalue weighted by Gasteiger charge is -2.36. The molecule has 1 aliphatic heterocycles. The van der Waals surface area contributed by atoms with Crippen LogP contribution in [0, 0.1) is 5.92 Å². The highest BCUT2D eigenvalue weighted by molar-refractivity contribution is 5.66. The van der Waals surface area contributed by atoms with Crippen molar-refractivity contribution >= 4 is 11.2 Å². The van der Waals surface area contributed by atoms with Gasteiger partial charge in [0, 0.05) is 25.4 Å². The van der Waals surface area contributed by atoms with E-state index in [0.29, 0.717) is 30.0 Å². The molecule has 112 valence electrons. The number of oxazole rings is 1. The summed E-state index contributed by atoms with van der Waals surface area (Å²) in [5, 5.41) is 9.37. The third-order valence-corrected chi connectivity index (χ3v) is 4.55. The Balaban J connectivity index is 1.53. The minimum Gasteiger partial charge on any atom is -0.438 e. The summed E-state index contributed by atoms with van der Waals surface area (Å²) in [5.41, 5.74) is 1.40. The molecule has 0 radical (unpaired) electrons. The molecular formula is C15H19N3O3. The van der Waals surface area contributed by atoms with Gasteiger partial charge in [-0.2, -0.15) is 4.98 Å². The number of fused-ring (bicyclic) bond motifs is 2. The number of pyridine rings is 1. The normalized spacial score (nSPS) is 29.9. The van der Waals surface area contributed by atoms with Crippen LogP contribution in [0.4, 0.5) is 0 Å². The molecule has 2 aromatic heterocycles. The lowest BCUT2D eigenvalue weighted by Crippen LogP contribution is -2.47. The fourth-order valence-corrected chi connectivity index (χ4v) is 3.53.